The Kier molecular flexibility index (Phi) is 4.41. The first-order valence-corrected chi connectivity index (χ1v) is 8.01. The molecule has 1 fully saturated rings. The van der Waals surface area contributed by atoms with Crippen LogP contribution in [0.1, 0.15) is 32.6 Å². The largest absolute Gasteiger partial charge is 0.482 e. The molecule has 6 nitrogen and oxygen atoms in total. The van der Waals surface area contributed by atoms with Crippen molar-refractivity contribution in [2.24, 2.45) is 0 Å². The zero-order valence-electron chi connectivity index (χ0n) is 13.1. The van der Waals surface area contributed by atoms with Crippen molar-refractivity contribution in [3.05, 3.63) is 24.3 Å². The number of piperidine rings is 1. The van der Waals surface area contributed by atoms with Crippen LogP contribution in [0.3, 0.4) is 0 Å². The molecule has 1 aromatic carbocycles. The number of likely N-dealkylation sites (tertiary alicyclic amines) is 1. The van der Waals surface area contributed by atoms with Crippen LogP contribution in [0.15, 0.2) is 24.3 Å². The number of carboxylic acids is 1. The lowest BCUT2D eigenvalue weighted by Gasteiger charge is -2.39. The highest BCUT2D eigenvalue weighted by Crippen LogP contribution is 2.34. The van der Waals surface area contributed by atoms with Gasteiger partial charge in [-0.1, -0.05) is 12.1 Å². The molecule has 6 heteroatoms. The molecule has 1 N–H and O–H groups in total. The molecule has 0 saturated carbocycles. The Balaban J connectivity index is 1.77. The summed E-state index contributed by atoms with van der Waals surface area (Å²) >= 11 is 0. The highest BCUT2D eigenvalue weighted by Gasteiger charge is 2.40. The quantitative estimate of drug-likeness (QED) is 0.923. The number of nitrogens with zero attached hydrogens (tertiary/aromatic N) is 1. The fraction of sp³-hybridized carbons (Fsp3) is 0.529. The van der Waals surface area contributed by atoms with Crippen LogP contribution in [0.4, 0.5) is 0 Å². The van der Waals surface area contributed by atoms with Gasteiger partial charge >= 0.3 is 5.97 Å². The molecule has 2 aliphatic rings. The number of carbonyl (C=O) groups is 2. The lowest BCUT2D eigenvalue weighted by atomic mass is 9.98. The summed E-state index contributed by atoms with van der Waals surface area (Å²) in [5, 5.41) is 9.06. The number of benzene rings is 1. The molecule has 124 valence electrons. The molecule has 3 unspecified atom stereocenters. The number of hydrogen-bond acceptors (Lipinski definition) is 4. The van der Waals surface area contributed by atoms with Crippen molar-refractivity contribution >= 4 is 11.9 Å². The molecule has 1 aromatic rings. The summed E-state index contributed by atoms with van der Waals surface area (Å²) in [4.78, 5) is 25.6. The van der Waals surface area contributed by atoms with Gasteiger partial charge in [0, 0.05) is 12.6 Å². The number of carbonyl (C=O) groups excluding carboxylic acids is 1. The topological polar surface area (TPSA) is 76.1 Å². The Morgan fingerprint density at radius 3 is 2.61 bits per heavy atom. The lowest BCUT2D eigenvalue weighted by molar-refractivity contribution is -0.150. The first kappa shape index (κ1) is 15.6. The highest BCUT2D eigenvalue weighted by atomic mass is 16.6. The number of para-hydroxylation sites is 2. The van der Waals surface area contributed by atoms with Crippen molar-refractivity contribution in [2.75, 3.05) is 6.54 Å². The van der Waals surface area contributed by atoms with Crippen LogP contribution < -0.4 is 9.47 Å². The molecule has 2 aliphatic heterocycles. The van der Waals surface area contributed by atoms with E-state index in [9.17, 15) is 9.59 Å². The van der Waals surface area contributed by atoms with Crippen molar-refractivity contribution in [3.63, 3.8) is 0 Å². The Morgan fingerprint density at radius 1 is 1.22 bits per heavy atom. The number of fused-ring (bicyclic) bond motifs is 1. The molecule has 0 bridgehead atoms. The van der Waals surface area contributed by atoms with Crippen molar-refractivity contribution < 1.29 is 24.2 Å². The van der Waals surface area contributed by atoms with Gasteiger partial charge in [0.05, 0.1) is 6.42 Å². The Hall–Kier alpha value is -2.24. The number of ether oxygens (including phenoxy) is 2. The summed E-state index contributed by atoms with van der Waals surface area (Å²) in [6, 6.07) is 6.99. The van der Waals surface area contributed by atoms with Gasteiger partial charge in [-0.25, -0.2) is 0 Å². The van der Waals surface area contributed by atoms with Crippen molar-refractivity contribution in [1.82, 2.24) is 4.90 Å². The first-order valence-electron chi connectivity index (χ1n) is 8.01. The highest BCUT2D eigenvalue weighted by molar-refractivity contribution is 5.83. The molecule has 2 heterocycles. The first-order chi connectivity index (χ1) is 11.1. The van der Waals surface area contributed by atoms with Crippen LogP contribution in [-0.2, 0) is 9.59 Å². The van der Waals surface area contributed by atoms with Crippen LogP contribution in [0.5, 0.6) is 11.5 Å². The average molecular weight is 319 g/mol. The molecular formula is C17H21NO5. The Labute approximate surface area is 135 Å². The zero-order chi connectivity index (χ0) is 16.4. The molecule has 0 spiro atoms. The van der Waals surface area contributed by atoms with Crippen LogP contribution in [0.25, 0.3) is 0 Å². The van der Waals surface area contributed by atoms with Gasteiger partial charge in [-0.05, 0) is 38.3 Å². The Bertz CT molecular complexity index is 602. The Morgan fingerprint density at radius 2 is 1.91 bits per heavy atom. The van der Waals surface area contributed by atoms with E-state index in [1.807, 2.05) is 12.1 Å². The van der Waals surface area contributed by atoms with Gasteiger partial charge in [0.25, 0.3) is 5.91 Å². The smallest absolute Gasteiger partial charge is 0.305 e. The van der Waals surface area contributed by atoms with Gasteiger partial charge in [0.15, 0.2) is 11.5 Å². The number of amides is 1. The molecule has 1 amide bonds. The standard InChI is InChI=1S/C17H21NO5/c1-11-16(23-14-8-3-2-7-13(14)22-11)17(21)18-9-5-4-6-12(18)10-15(19)20/h2-3,7-8,11-12,16H,4-6,9-10H2,1H3,(H,19,20). The monoisotopic (exact) mass is 319 g/mol. The molecule has 23 heavy (non-hydrogen) atoms. The van der Waals surface area contributed by atoms with Gasteiger partial charge < -0.3 is 19.5 Å². The van der Waals surface area contributed by atoms with Crippen LogP contribution in [-0.4, -0.2) is 46.7 Å². The summed E-state index contributed by atoms with van der Waals surface area (Å²) in [6.45, 7) is 2.37. The average Bonchev–Trinajstić information content (AvgIpc) is 2.53. The fourth-order valence-electron chi connectivity index (χ4n) is 3.26. The summed E-state index contributed by atoms with van der Waals surface area (Å²) in [6.07, 6.45) is 1.38. The fourth-order valence-corrected chi connectivity index (χ4v) is 3.26. The second-order valence-electron chi connectivity index (χ2n) is 6.09. The minimum Gasteiger partial charge on any atom is -0.482 e. The summed E-state index contributed by atoms with van der Waals surface area (Å²) in [7, 11) is 0. The van der Waals surface area contributed by atoms with Crippen LogP contribution in [0, 0.1) is 0 Å². The molecule has 0 aliphatic carbocycles. The summed E-state index contributed by atoms with van der Waals surface area (Å²) < 4.78 is 11.6. The minimum absolute atomic E-state index is 0.0235. The third kappa shape index (κ3) is 3.25. The van der Waals surface area contributed by atoms with E-state index in [2.05, 4.69) is 0 Å². The molecule has 0 radical (unpaired) electrons. The van der Waals surface area contributed by atoms with Crippen molar-refractivity contribution in [1.29, 1.82) is 0 Å². The minimum atomic E-state index is -0.881. The number of hydrogen-bond donors (Lipinski definition) is 1. The number of carboxylic acid groups (broad SMARTS) is 1. The van der Waals surface area contributed by atoms with E-state index in [-0.39, 0.29) is 18.4 Å². The van der Waals surface area contributed by atoms with Gasteiger partial charge in [0.1, 0.15) is 6.10 Å². The van der Waals surface area contributed by atoms with E-state index in [1.165, 1.54) is 0 Å². The number of aliphatic carboxylic acids is 1. The maximum absolute atomic E-state index is 12.9. The summed E-state index contributed by atoms with van der Waals surface area (Å²) in [5.74, 6) is 0.118. The van der Waals surface area contributed by atoms with Gasteiger partial charge in [-0.15, -0.1) is 0 Å². The van der Waals surface area contributed by atoms with E-state index >= 15 is 0 Å². The molecule has 3 rings (SSSR count). The van der Waals surface area contributed by atoms with E-state index in [4.69, 9.17) is 14.6 Å². The van der Waals surface area contributed by atoms with E-state index < -0.39 is 18.2 Å². The van der Waals surface area contributed by atoms with Crippen molar-refractivity contribution in [3.8, 4) is 11.5 Å². The zero-order valence-corrected chi connectivity index (χ0v) is 13.1. The van der Waals surface area contributed by atoms with Gasteiger partial charge in [-0.2, -0.15) is 0 Å². The molecular weight excluding hydrogens is 298 g/mol. The molecule has 3 atom stereocenters. The maximum atomic E-state index is 12.9. The predicted molar refractivity (Wildman–Crippen MR) is 82.6 cm³/mol. The van der Waals surface area contributed by atoms with Crippen molar-refractivity contribution in [2.45, 2.75) is 50.9 Å². The van der Waals surface area contributed by atoms with E-state index in [0.29, 0.717) is 18.0 Å². The summed E-state index contributed by atoms with van der Waals surface area (Å²) in [5.41, 5.74) is 0. The maximum Gasteiger partial charge on any atom is 0.305 e. The third-order valence-corrected chi connectivity index (χ3v) is 4.41. The third-order valence-electron chi connectivity index (χ3n) is 4.41. The van der Waals surface area contributed by atoms with Crippen LogP contribution >= 0.6 is 0 Å². The second-order valence-corrected chi connectivity index (χ2v) is 6.09. The molecule has 0 aromatic heterocycles. The van der Waals surface area contributed by atoms with E-state index in [1.54, 1.807) is 24.0 Å². The second kappa shape index (κ2) is 6.48. The van der Waals surface area contributed by atoms with E-state index in [0.717, 1.165) is 19.3 Å². The van der Waals surface area contributed by atoms with Gasteiger partial charge in [-0.3, -0.25) is 9.59 Å². The normalized spacial score (nSPS) is 26.7. The van der Waals surface area contributed by atoms with Crippen LogP contribution in [0.2, 0.25) is 0 Å². The van der Waals surface area contributed by atoms with Gasteiger partial charge in [0.2, 0.25) is 6.10 Å². The SMILES string of the molecule is CC1Oc2ccccc2OC1C(=O)N1CCCCC1CC(=O)O. The predicted octanol–water partition coefficient (Wildman–Crippen LogP) is 2.07. The molecule has 1 saturated heterocycles. The number of rotatable bonds is 3. The lowest BCUT2D eigenvalue weighted by Crippen LogP contribution is -2.55.